The number of fused-ring (bicyclic) bond motifs is 2. The molecule has 0 atom stereocenters. The maximum absolute atomic E-state index is 11.7. The Labute approximate surface area is 96.7 Å². The minimum atomic E-state index is -3.82. The number of amides is 2. The van der Waals surface area contributed by atoms with E-state index in [-0.39, 0.29) is 10.7 Å². The highest BCUT2D eigenvalue weighted by atomic mass is 32.2. The number of nitrogens with zero attached hydrogens (tertiary/aromatic N) is 1. The maximum atomic E-state index is 11.7. The Bertz CT molecular complexity index is 740. The Hall–Kier alpha value is -2.15. The first-order valence-electron chi connectivity index (χ1n) is 4.71. The average Bonchev–Trinajstić information content (AvgIpc) is 2.26. The lowest BCUT2D eigenvalue weighted by atomic mass is 10.2. The molecule has 0 aliphatic carbocycles. The largest absolute Gasteiger partial charge is 0.334 e. The molecule has 0 fully saturated rings. The molecule has 1 aromatic carbocycles. The van der Waals surface area contributed by atoms with Crippen molar-refractivity contribution in [2.24, 2.45) is 0 Å². The first-order valence-corrected chi connectivity index (χ1v) is 6.19. The number of benzene rings is 1. The first kappa shape index (κ1) is 10.0. The van der Waals surface area contributed by atoms with Gasteiger partial charge in [0.25, 0.3) is 10.0 Å². The van der Waals surface area contributed by atoms with Gasteiger partial charge in [-0.2, -0.15) is 0 Å². The summed E-state index contributed by atoms with van der Waals surface area (Å²) in [6.45, 7) is 0. The standard InChI is InChI=1S/C10H6N3O3S/c14-10-12-9-8(17(15,16)13-10)5-6-3-1-2-4-7(6)11-9/h1,3-5H,(H2,11,12,13,14). The fourth-order valence-corrected chi connectivity index (χ4v) is 2.68. The number of aromatic nitrogens is 1. The Kier molecular flexibility index (Phi) is 1.87. The Morgan fingerprint density at radius 2 is 2.18 bits per heavy atom. The Morgan fingerprint density at radius 1 is 1.35 bits per heavy atom. The summed E-state index contributed by atoms with van der Waals surface area (Å²) in [5, 5.41) is 3.02. The van der Waals surface area contributed by atoms with Crippen LogP contribution in [0.3, 0.4) is 0 Å². The van der Waals surface area contributed by atoms with Crippen molar-refractivity contribution in [2.75, 3.05) is 5.32 Å². The SMILES string of the molecule is O=C1Nc2nc3c[c]ccc3cc2S(=O)(=O)N1. The van der Waals surface area contributed by atoms with E-state index in [1.807, 2.05) is 4.72 Å². The number of sulfonamides is 1. The molecule has 2 amide bonds. The van der Waals surface area contributed by atoms with Crippen molar-refractivity contribution in [1.29, 1.82) is 0 Å². The minimum absolute atomic E-state index is 0.0317. The van der Waals surface area contributed by atoms with Crippen molar-refractivity contribution in [3.05, 3.63) is 30.3 Å². The van der Waals surface area contributed by atoms with Crippen LogP contribution in [0.4, 0.5) is 10.6 Å². The van der Waals surface area contributed by atoms with E-state index in [0.717, 1.165) is 0 Å². The van der Waals surface area contributed by atoms with Gasteiger partial charge in [-0.15, -0.1) is 0 Å². The van der Waals surface area contributed by atoms with Gasteiger partial charge in [0.05, 0.1) is 5.52 Å². The fourth-order valence-electron chi connectivity index (χ4n) is 1.64. The highest BCUT2D eigenvalue weighted by Crippen LogP contribution is 2.26. The number of hydrogen-bond acceptors (Lipinski definition) is 4. The third-order valence-electron chi connectivity index (χ3n) is 2.38. The van der Waals surface area contributed by atoms with Gasteiger partial charge in [0.2, 0.25) is 0 Å². The quantitative estimate of drug-likeness (QED) is 0.723. The zero-order valence-corrected chi connectivity index (χ0v) is 9.21. The van der Waals surface area contributed by atoms with Crippen molar-refractivity contribution < 1.29 is 13.2 Å². The van der Waals surface area contributed by atoms with Crippen LogP contribution < -0.4 is 10.0 Å². The lowest BCUT2D eigenvalue weighted by molar-refractivity contribution is 0.256. The first-order chi connectivity index (χ1) is 8.06. The summed E-state index contributed by atoms with van der Waals surface area (Å²) < 4.78 is 25.3. The molecule has 1 aliphatic rings. The molecule has 3 rings (SSSR count). The maximum Gasteiger partial charge on any atom is 0.334 e. The molecule has 2 N–H and O–H groups in total. The van der Waals surface area contributed by atoms with E-state index >= 15 is 0 Å². The predicted molar refractivity (Wildman–Crippen MR) is 59.9 cm³/mol. The van der Waals surface area contributed by atoms with Crippen LogP contribution in [-0.4, -0.2) is 19.4 Å². The molecule has 0 unspecified atom stereocenters. The summed E-state index contributed by atoms with van der Waals surface area (Å²) in [5.74, 6) is 0.0425. The average molecular weight is 248 g/mol. The lowest BCUT2D eigenvalue weighted by Gasteiger charge is -2.17. The van der Waals surface area contributed by atoms with Crippen LogP contribution in [0.2, 0.25) is 0 Å². The zero-order valence-electron chi connectivity index (χ0n) is 8.39. The van der Waals surface area contributed by atoms with Gasteiger partial charge in [-0.05, 0) is 18.2 Å². The molecular weight excluding hydrogens is 242 g/mol. The molecule has 1 aliphatic heterocycles. The van der Waals surface area contributed by atoms with Crippen molar-refractivity contribution in [1.82, 2.24) is 9.71 Å². The summed E-state index contributed by atoms with van der Waals surface area (Å²) in [7, 11) is -3.82. The molecule has 0 bridgehead atoms. The van der Waals surface area contributed by atoms with Crippen LogP contribution in [0.5, 0.6) is 0 Å². The molecule has 7 heteroatoms. The van der Waals surface area contributed by atoms with E-state index in [4.69, 9.17) is 0 Å². The normalized spacial score (nSPS) is 17.1. The summed E-state index contributed by atoms with van der Waals surface area (Å²) in [5.41, 5.74) is 0.573. The fraction of sp³-hybridized carbons (Fsp3) is 0. The van der Waals surface area contributed by atoms with E-state index in [1.165, 1.54) is 6.07 Å². The number of rotatable bonds is 0. The third-order valence-corrected chi connectivity index (χ3v) is 3.72. The highest BCUT2D eigenvalue weighted by Gasteiger charge is 2.29. The van der Waals surface area contributed by atoms with Crippen molar-refractivity contribution in [3.8, 4) is 0 Å². The molecule has 6 nitrogen and oxygen atoms in total. The van der Waals surface area contributed by atoms with Crippen LogP contribution in [0.1, 0.15) is 0 Å². The highest BCUT2D eigenvalue weighted by molar-refractivity contribution is 7.90. The molecule has 17 heavy (non-hydrogen) atoms. The van der Waals surface area contributed by atoms with Gasteiger partial charge in [-0.3, -0.25) is 5.32 Å². The van der Waals surface area contributed by atoms with E-state index < -0.39 is 16.1 Å². The van der Waals surface area contributed by atoms with E-state index in [1.54, 1.807) is 18.2 Å². The number of carbonyl (C=O) groups is 1. The predicted octanol–water partition coefficient (Wildman–Crippen LogP) is 0.859. The number of pyridine rings is 1. The van der Waals surface area contributed by atoms with Gasteiger partial charge < -0.3 is 0 Å². The molecule has 85 valence electrons. The van der Waals surface area contributed by atoms with E-state index in [0.29, 0.717) is 10.9 Å². The van der Waals surface area contributed by atoms with Gasteiger partial charge in [-0.25, -0.2) is 22.9 Å². The molecule has 0 spiro atoms. The summed E-state index contributed by atoms with van der Waals surface area (Å²) in [6, 6.07) is 8.49. The van der Waals surface area contributed by atoms with Crippen molar-refractivity contribution >= 4 is 32.8 Å². The van der Waals surface area contributed by atoms with E-state index in [9.17, 15) is 13.2 Å². The summed E-state index contributed by atoms with van der Waals surface area (Å²) in [4.78, 5) is 15.2. The van der Waals surface area contributed by atoms with Gasteiger partial charge in [0.15, 0.2) is 5.82 Å². The van der Waals surface area contributed by atoms with Crippen LogP contribution in [0.15, 0.2) is 29.2 Å². The van der Waals surface area contributed by atoms with Gasteiger partial charge in [0, 0.05) is 5.39 Å². The molecule has 2 heterocycles. The number of urea groups is 1. The van der Waals surface area contributed by atoms with Gasteiger partial charge in [-0.1, -0.05) is 12.1 Å². The van der Waals surface area contributed by atoms with Crippen LogP contribution in [-0.2, 0) is 10.0 Å². The third kappa shape index (κ3) is 1.51. The van der Waals surface area contributed by atoms with Gasteiger partial charge in [0.1, 0.15) is 4.90 Å². The second-order valence-corrected chi connectivity index (χ2v) is 5.16. The molecule has 2 aromatic rings. The number of carbonyl (C=O) groups excluding carboxylic acids is 1. The molecule has 1 aromatic heterocycles. The van der Waals surface area contributed by atoms with Crippen molar-refractivity contribution in [2.45, 2.75) is 4.90 Å². The molecular formula is C10H6N3O3S. The summed E-state index contributed by atoms with van der Waals surface area (Å²) >= 11 is 0. The summed E-state index contributed by atoms with van der Waals surface area (Å²) in [6.07, 6.45) is 0. The number of nitrogens with one attached hydrogen (secondary N) is 2. The smallest absolute Gasteiger partial charge is 0.290 e. The lowest BCUT2D eigenvalue weighted by Crippen LogP contribution is -2.39. The van der Waals surface area contributed by atoms with Gasteiger partial charge >= 0.3 is 6.03 Å². The monoisotopic (exact) mass is 248 g/mol. The van der Waals surface area contributed by atoms with E-state index in [2.05, 4.69) is 16.4 Å². The molecule has 1 radical (unpaired) electrons. The number of hydrogen-bond donors (Lipinski definition) is 2. The van der Waals surface area contributed by atoms with Crippen LogP contribution in [0, 0.1) is 6.07 Å². The second-order valence-electron chi connectivity index (χ2n) is 3.51. The number of anilines is 1. The second kappa shape index (κ2) is 3.17. The Balaban J connectivity index is 2.38. The zero-order chi connectivity index (χ0) is 12.0. The van der Waals surface area contributed by atoms with Crippen LogP contribution in [0.25, 0.3) is 10.9 Å². The molecule has 0 saturated carbocycles. The molecule has 0 saturated heterocycles. The minimum Gasteiger partial charge on any atom is -0.290 e. The Morgan fingerprint density at radius 3 is 3.00 bits per heavy atom. The topological polar surface area (TPSA) is 88.2 Å². The van der Waals surface area contributed by atoms with Crippen LogP contribution >= 0.6 is 0 Å². The van der Waals surface area contributed by atoms with Crippen molar-refractivity contribution in [3.63, 3.8) is 0 Å².